The van der Waals surface area contributed by atoms with Crippen LogP contribution in [0.5, 0.6) is 0 Å². The Morgan fingerprint density at radius 2 is 1.90 bits per heavy atom. The number of Topliss-reactive ketones (excluding diaryl/α,β-unsaturated/α-hetero) is 1. The number of nitrogens with one attached hydrogen (secondary N) is 1. The van der Waals surface area contributed by atoms with E-state index < -0.39 is 0 Å². The number of aryl methyl sites for hydroxylation is 2. The van der Waals surface area contributed by atoms with Gasteiger partial charge in [-0.2, -0.15) is 0 Å². The van der Waals surface area contributed by atoms with E-state index in [0.717, 1.165) is 11.1 Å². The lowest BCUT2D eigenvalue weighted by Gasteiger charge is -2.13. The number of ketones is 1. The molecule has 0 fully saturated rings. The fraction of sp³-hybridized carbons (Fsp3) is 0.500. The summed E-state index contributed by atoms with van der Waals surface area (Å²) in [6, 6.07) is 5.35. The summed E-state index contributed by atoms with van der Waals surface area (Å²) in [7, 11) is 0. The number of hydrogen-bond donors (Lipinski definition) is 2. The van der Waals surface area contributed by atoms with E-state index in [2.05, 4.69) is 5.32 Å². The first kappa shape index (κ1) is 16.4. The highest BCUT2D eigenvalue weighted by Crippen LogP contribution is 2.12. The van der Waals surface area contributed by atoms with Gasteiger partial charge in [-0.25, -0.2) is 0 Å². The van der Waals surface area contributed by atoms with Crippen molar-refractivity contribution < 1.29 is 14.7 Å². The molecule has 2 N–H and O–H groups in total. The maximum atomic E-state index is 12.0. The Bertz CT molecular complexity index is 479. The van der Waals surface area contributed by atoms with Gasteiger partial charge >= 0.3 is 0 Å². The monoisotopic (exact) mass is 277 g/mol. The zero-order chi connectivity index (χ0) is 15.1. The number of carbonyl (C=O) groups excluding carboxylic acids is 2. The fourth-order valence-electron chi connectivity index (χ4n) is 1.86. The second-order valence-corrected chi connectivity index (χ2v) is 5.08. The molecule has 1 unspecified atom stereocenters. The summed E-state index contributed by atoms with van der Waals surface area (Å²) in [5.41, 5.74) is 2.87. The average Bonchev–Trinajstić information content (AvgIpc) is 2.45. The molecule has 0 radical (unpaired) electrons. The van der Waals surface area contributed by atoms with Crippen LogP contribution < -0.4 is 5.32 Å². The lowest BCUT2D eigenvalue weighted by atomic mass is 10.0. The molecule has 4 heteroatoms. The Morgan fingerprint density at radius 1 is 1.20 bits per heavy atom. The van der Waals surface area contributed by atoms with Gasteiger partial charge in [0.15, 0.2) is 5.78 Å². The van der Waals surface area contributed by atoms with Gasteiger partial charge in [-0.1, -0.05) is 19.1 Å². The predicted octanol–water partition coefficient (Wildman–Crippen LogP) is 2.15. The Kier molecular flexibility index (Phi) is 6.39. The summed E-state index contributed by atoms with van der Waals surface area (Å²) in [6.07, 6.45) is 1.02. The van der Waals surface area contributed by atoms with Crippen molar-refractivity contribution in [1.82, 2.24) is 5.32 Å². The van der Waals surface area contributed by atoms with Crippen LogP contribution in [-0.2, 0) is 4.79 Å². The molecule has 0 aliphatic rings. The Balaban J connectivity index is 2.50. The van der Waals surface area contributed by atoms with E-state index >= 15 is 0 Å². The zero-order valence-corrected chi connectivity index (χ0v) is 12.4. The molecule has 0 aliphatic heterocycles. The third-order valence-corrected chi connectivity index (χ3v) is 3.49. The molecule has 1 amide bonds. The largest absolute Gasteiger partial charge is 0.394 e. The quantitative estimate of drug-likeness (QED) is 0.750. The van der Waals surface area contributed by atoms with E-state index in [1.54, 1.807) is 6.07 Å². The molecule has 1 aromatic carbocycles. The van der Waals surface area contributed by atoms with E-state index in [4.69, 9.17) is 5.11 Å². The molecule has 0 spiro atoms. The van der Waals surface area contributed by atoms with Crippen molar-refractivity contribution in [3.05, 3.63) is 34.9 Å². The summed E-state index contributed by atoms with van der Waals surface area (Å²) in [5, 5.41) is 11.7. The van der Waals surface area contributed by atoms with Gasteiger partial charge in [-0.3, -0.25) is 9.59 Å². The van der Waals surface area contributed by atoms with E-state index in [0.29, 0.717) is 12.0 Å². The van der Waals surface area contributed by atoms with Crippen molar-refractivity contribution in [3.63, 3.8) is 0 Å². The highest BCUT2D eigenvalue weighted by Gasteiger charge is 2.12. The second kappa shape index (κ2) is 7.80. The summed E-state index contributed by atoms with van der Waals surface area (Å²) in [6.45, 7) is 5.78. The zero-order valence-electron chi connectivity index (χ0n) is 12.4. The van der Waals surface area contributed by atoms with Crippen LogP contribution in [0.1, 0.15) is 47.7 Å². The van der Waals surface area contributed by atoms with Crippen LogP contribution in [0.2, 0.25) is 0 Å². The maximum Gasteiger partial charge on any atom is 0.220 e. The van der Waals surface area contributed by atoms with Gasteiger partial charge in [0.1, 0.15) is 0 Å². The van der Waals surface area contributed by atoms with E-state index in [9.17, 15) is 9.59 Å². The van der Waals surface area contributed by atoms with Gasteiger partial charge in [0.05, 0.1) is 12.6 Å². The summed E-state index contributed by atoms with van der Waals surface area (Å²) < 4.78 is 0. The molecule has 1 aromatic rings. The average molecular weight is 277 g/mol. The van der Waals surface area contributed by atoms with Crippen molar-refractivity contribution in [2.75, 3.05) is 6.61 Å². The van der Waals surface area contributed by atoms with Crippen LogP contribution in [0.25, 0.3) is 0 Å². The number of aliphatic hydroxyl groups is 1. The van der Waals surface area contributed by atoms with Gasteiger partial charge in [0.2, 0.25) is 5.91 Å². The Labute approximate surface area is 120 Å². The molecule has 1 atom stereocenters. The van der Waals surface area contributed by atoms with E-state index in [1.165, 1.54) is 0 Å². The molecule has 0 saturated carbocycles. The number of amides is 1. The first-order valence-electron chi connectivity index (χ1n) is 6.98. The molecule has 1 rings (SSSR count). The van der Waals surface area contributed by atoms with Crippen LogP contribution in [0.4, 0.5) is 0 Å². The molecule has 0 aromatic heterocycles. The minimum atomic E-state index is -0.223. The van der Waals surface area contributed by atoms with Crippen molar-refractivity contribution >= 4 is 11.7 Å². The van der Waals surface area contributed by atoms with Crippen LogP contribution in [0.15, 0.2) is 18.2 Å². The van der Waals surface area contributed by atoms with E-state index in [-0.39, 0.29) is 37.2 Å². The van der Waals surface area contributed by atoms with Gasteiger partial charge in [0, 0.05) is 18.4 Å². The molecule has 0 aliphatic carbocycles. The van der Waals surface area contributed by atoms with Crippen LogP contribution in [0.3, 0.4) is 0 Å². The van der Waals surface area contributed by atoms with Crippen LogP contribution in [-0.4, -0.2) is 29.4 Å². The number of aliphatic hydroxyl groups excluding tert-OH is 1. The standard InChI is InChI=1S/C16H23NO3/c1-4-14(10-18)17-16(20)8-7-15(19)13-6-5-11(2)12(3)9-13/h5-6,9,14,18H,4,7-8,10H2,1-3H3,(H,17,20). The van der Waals surface area contributed by atoms with Crippen LogP contribution in [0, 0.1) is 13.8 Å². The SMILES string of the molecule is CCC(CO)NC(=O)CCC(=O)c1ccc(C)c(C)c1. The molecule has 110 valence electrons. The van der Waals surface area contributed by atoms with Gasteiger partial charge in [0.25, 0.3) is 0 Å². The van der Waals surface area contributed by atoms with Crippen molar-refractivity contribution in [2.24, 2.45) is 0 Å². The lowest BCUT2D eigenvalue weighted by Crippen LogP contribution is -2.37. The first-order valence-corrected chi connectivity index (χ1v) is 6.98. The summed E-state index contributed by atoms with van der Waals surface area (Å²) >= 11 is 0. The van der Waals surface area contributed by atoms with Gasteiger partial charge in [-0.15, -0.1) is 0 Å². The van der Waals surface area contributed by atoms with Gasteiger partial charge < -0.3 is 10.4 Å². The van der Waals surface area contributed by atoms with Crippen LogP contribution >= 0.6 is 0 Å². The summed E-state index contributed by atoms with van der Waals surface area (Å²) in [4.78, 5) is 23.7. The molecule has 4 nitrogen and oxygen atoms in total. The maximum absolute atomic E-state index is 12.0. The van der Waals surface area contributed by atoms with Crippen molar-refractivity contribution in [3.8, 4) is 0 Å². The van der Waals surface area contributed by atoms with Crippen molar-refractivity contribution in [2.45, 2.75) is 46.1 Å². The number of hydrogen-bond acceptors (Lipinski definition) is 3. The van der Waals surface area contributed by atoms with E-state index in [1.807, 2.05) is 32.9 Å². The molecule has 0 bridgehead atoms. The molecule has 0 heterocycles. The predicted molar refractivity (Wildman–Crippen MR) is 78.8 cm³/mol. The number of rotatable bonds is 7. The minimum absolute atomic E-state index is 0.0275. The molecular formula is C16H23NO3. The van der Waals surface area contributed by atoms with Crippen molar-refractivity contribution in [1.29, 1.82) is 0 Å². The molecule has 20 heavy (non-hydrogen) atoms. The normalized spacial score (nSPS) is 12.0. The highest BCUT2D eigenvalue weighted by atomic mass is 16.3. The Morgan fingerprint density at radius 3 is 2.45 bits per heavy atom. The molecule has 0 saturated heterocycles. The smallest absolute Gasteiger partial charge is 0.220 e. The fourth-order valence-corrected chi connectivity index (χ4v) is 1.86. The topological polar surface area (TPSA) is 66.4 Å². The van der Waals surface area contributed by atoms with Gasteiger partial charge in [-0.05, 0) is 37.5 Å². The first-order chi connectivity index (χ1) is 9.47. The minimum Gasteiger partial charge on any atom is -0.394 e. The molecular weight excluding hydrogens is 254 g/mol. The number of benzene rings is 1. The second-order valence-electron chi connectivity index (χ2n) is 5.08. The highest BCUT2D eigenvalue weighted by molar-refractivity contribution is 5.98. The summed E-state index contributed by atoms with van der Waals surface area (Å²) in [5.74, 6) is -0.219. The third-order valence-electron chi connectivity index (χ3n) is 3.49. The third kappa shape index (κ3) is 4.78. The Hall–Kier alpha value is -1.68. The number of carbonyl (C=O) groups is 2. The lowest BCUT2D eigenvalue weighted by molar-refractivity contribution is -0.122.